The number of unbranched alkanes of at least 4 members (excludes halogenated alkanes) is 1. The average Bonchev–Trinajstić information content (AvgIpc) is 2.27. The predicted octanol–water partition coefficient (Wildman–Crippen LogP) is 4.49. The van der Waals surface area contributed by atoms with E-state index in [2.05, 4.69) is 50.2 Å². The van der Waals surface area contributed by atoms with Gasteiger partial charge in [-0.25, -0.2) is 0 Å². The van der Waals surface area contributed by atoms with E-state index >= 15 is 0 Å². The summed E-state index contributed by atoms with van der Waals surface area (Å²) in [7, 11) is 0. The summed E-state index contributed by atoms with van der Waals surface area (Å²) in [6.45, 7) is 4.43. The molecular weight excluding hydrogens is 180 g/mol. The van der Waals surface area contributed by atoms with Gasteiger partial charge >= 0.3 is 0 Å². The first-order valence-electron chi connectivity index (χ1n) is 5.80. The summed E-state index contributed by atoms with van der Waals surface area (Å²) in [6.07, 6.45) is 3.76. The fourth-order valence-corrected chi connectivity index (χ4v) is 2.12. The van der Waals surface area contributed by atoms with Crippen molar-refractivity contribution >= 4 is 10.8 Å². The summed E-state index contributed by atoms with van der Waals surface area (Å²) < 4.78 is 0. The third kappa shape index (κ3) is 2.04. The molecule has 0 unspecified atom stereocenters. The lowest BCUT2D eigenvalue weighted by Crippen LogP contribution is -1.88. The van der Waals surface area contributed by atoms with Gasteiger partial charge in [-0.05, 0) is 41.7 Å². The van der Waals surface area contributed by atoms with Gasteiger partial charge in [-0.15, -0.1) is 0 Å². The highest BCUT2D eigenvalue weighted by Gasteiger charge is 2.01. The average molecular weight is 198 g/mol. The van der Waals surface area contributed by atoms with Gasteiger partial charge in [0.2, 0.25) is 0 Å². The summed E-state index contributed by atoms with van der Waals surface area (Å²) in [5.74, 6) is 0. The Morgan fingerprint density at radius 3 is 2.47 bits per heavy atom. The van der Waals surface area contributed by atoms with Crippen molar-refractivity contribution in [2.45, 2.75) is 33.1 Å². The summed E-state index contributed by atoms with van der Waals surface area (Å²) in [5.41, 5.74) is 2.88. The van der Waals surface area contributed by atoms with Gasteiger partial charge in [-0.1, -0.05) is 49.7 Å². The van der Waals surface area contributed by atoms with Gasteiger partial charge in [0.05, 0.1) is 0 Å². The molecule has 0 radical (unpaired) electrons. The van der Waals surface area contributed by atoms with Crippen LogP contribution >= 0.6 is 0 Å². The molecule has 0 amide bonds. The van der Waals surface area contributed by atoms with Crippen LogP contribution in [-0.4, -0.2) is 0 Å². The van der Waals surface area contributed by atoms with Crippen molar-refractivity contribution in [1.29, 1.82) is 0 Å². The lowest BCUT2D eigenvalue weighted by atomic mass is 9.98. The molecule has 0 heteroatoms. The molecule has 15 heavy (non-hydrogen) atoms. The SMILES string of the molecule is CCCCc1cccc2c(C)cccc12. The van der Waals surface area contributed by atoms with Crippen LogP contribution in [0, 0.1) is 6.92 Å². The fraction of sp³-hybridized carbons (Fsp3) is 0.333. The number of rotatable bonds is 3. The van der Waals surface area contributed by atoms with E-state index in [1.807, 2.05) is 0 Å². The summed E-state index contributed by atoms with van der Waals surface area (Å²) in [4.78, 5) is 0. The highest BCUT2D eigenvalue weighted by atomic mass is 14.1. The molecule has 2 aromatic rings. The molecule has 0 N–H and O–H groups in total. The zero-order chi connectivity index (χ0) is 10.7. The molecule has 0 saturated carbocycles. The van der Waals surface area contributed by atoms with Crippen LogP contribution < -0.4 is 0 Å². The Morgan fingerprint density at radius 1 is 0.933 bits per heavy atom. The van der Waals surface area contributed by atoms with E-state index in [1.165, 1.54) is 41.2 Å². The van der Waals surface area contributed by atoms with Gasteiger partial charge in [0, 0.05) is 0 Å². The molecular formula is C15H18. The van der Waals surface area contributed by atoms with Gasteiger partial charge < -0.3 is 0 Å². The molecule has 0 spiro atoms. The van der Waals surface area contributed by atoms with Crippen molar-refractivity contribution in [3.8, 4) is 0 Å². The molecule has 0 atom stereocenters. The lowest BCUT2D eigenvalue weighted by Gasteiger charge is -2.07. The van der Waals surface area contributed by atoms with Crippen LogP contribution in [-0.2, 0) is 6.42 Å². The topological polar surface area (TPSA) is 0 Å². The van der Waals surface area contributed by atoms with Gasteiger partial charge in [0.1, 0.15) is 0 Å². The first kappa shape index (κ1) is 10.2. The minimum absolute atomic E-state index is 1.21. The zero-order valence-electron chi connectivity index (χ0n) is 9.59. The van der Waals surface area contributed by atoms with Crippen molar-refractivity contribution in [3.63, 3.8) is 0 Å². The molecule has 0 nitrogen and oxygen atoms in total. The van der Waals surface area contributed by atoms with Gasteiger partial charge in [0.15, 0.2) is 0 Å². The molecule has 0 saturated heterocycles. The Balaban J connectivity index is 2.51. The molecule has 2 rings (SSSR count). The number of fused-ring (bicyclic) bond motifs is 1. The Hall–Kier alpha value is -1.30. The van der Waals surface area contributed by atoms with E-state index in [1.54, 1.807) is 0 Å². The van der Waals surface area contributed by atoms with Crippen LogP contribution in [0.4, 0.5) is 0 Å². The monoisotopic (exact) mass is 198 g/mol. The first-order chi connectivity index (χ1) is 7.33. The Kier molecular flexibility index (Phi) is 3.05. The van der Waals surface area contributed by atoms with Crippen LogP contribution in [0.15, 0.2) is 36.4 Å². The van der Waals surface area contributed by atoms with Crippen molar-refractivity contribution in [2.75, 3.05) is 0 Å². The van der Waals surface area contributed by atoms with E-state index in [0.717, 1.165) is 0 Å². The molecule has 0 aliphatic heterocycles. The van der Waals surface area contributed by atoms with E-state index in [9.17, 15) is 0 Å². The normalized spacial score (nSPS) is 10.8. The minimum Gasteiger partial charge on any atom is -0.0654 e. The Labute approximate surface area is 91.9 Å². The second-order valence-electron chi connectivity index (χ2n) is 4.19. The van der Waals surface area contributed by atoms with Gasteiger partial charge in [0.25, 0.3) is 0 Å². The van der Waals surface area contributed by atoms with Crippen molar-refractivity contribution in [3.05, 3.63) is 47.5 Å². The quantitative estimate of drug-likeness (QED) is 0.681. The van der Waals surface area contributed by atoms with Crippen LogP contribution in [0.3, 0.4) is 0 Å². The third-order valence-corrected chi connectivity index (χ3v) is 3.03. The van der Waals surface area contributed by atoms with Crippen molar-refractivity contribution in [1.82, 2.24) is 0 Å². The molecule has 0 aliphatic carbocycles. The van der Waals surface area contributed by atoms with Crippen molar-refractivity contribution in [2.24, 2.45) is 0 Å². The number of hydrogen-bond acceptors (Lipinski definition) is 0. The number of benzene rings is 2. The van der Waals surface area contributed by atoms with Crippen LogP contribution in [0.2, 0.25) is 0 Å². The second-order valence-corrected chi connectivity index (χ2v) is 4.19. The first-order valence-corrected chi connectivity index (χ1v) is 5.80. The maximum atomic E-state index is 2.26. The number of aryl methyl sites for hydroxylation is 2. The molecule has 0 heterocycles. The predicted molar refractivity (Wildman–Crippen MR) is 67.3 cm³/mol. The zero-order valence-corrected chi connectivity index (χ0v) is 9.59. The van der Waals surface area contributed by atoms with Gasteiger partial charge in [-0.2, -0.15) is 0 Å². The summed E-state index contributed by atoms with van der Waals surface area (Å²) in [5, 5.41) is 2.84. The van der Waals surface area contributed by atoms with Crippen LogP contribution in [0.1, 0.15) is 30.9 Å². The summed E-state index contributed by atoms with van der Waals surface area (Å²) in [6, 6.07) is 13.3. The van der Waals surface area contributed by atoms with Crippen molar-refractivity contribution < 1.29 is 0 Å². The third-order valence-electron chi connectivity index (χ3n) is 3.03. The standard InChI is InChI=1S/C15H18/c1-3-4-8-13-9-6-10-14-12(2)7-5-11-15(13)14/h5-7,9-11H,3-4,8H2,1-2H3. The summed E-state index contributed by atoms with van der Waals surface area (Å²) >= 11 is 0. The highest BCUT2D eigenvalue weighted by molar-refractivity contribution is 5.88. The minimum atomic E-state index is 1.21. The lowest BCUT2D eigenvalue weighted by molar-refractivity contribution is 0.799. The fourth-order valence-electron chi connectivity index (χ4n) is 2.12. The van der Waals surface area contributed by atoms with E-state index in [4.69, 9.17) is 0 Å². The van der Waals surface area contributed by atoms with Crippen LogP contribution in [0.5, 0.6) is 0 Å². The maximum Gasteiger partial charge on any atom is -0.0149 e. The highest BCUT2D eigenvalue weighted by Crippen LogP contribution is 2.23. The molecule has 0 aliphatic rings. The number of hydrogen-bond donors (Lipinski definition) is 0. The second kappa shape index (κ2) is 4.48. The molecule has 78 valence electrons. The maximum absolute atomic E-state index is 2.26. The Morgan fingerprint density at radius 2 is 1.67 bits per heavy atom. The molecule has 0 fully saturated rings. The molecule has 0 bridgehead atoms. The van der Waals surface area contributed by atoms with Crippen LogP contribution in [0.25, 0.3) is 10.8 Å². The van der Waals surface area contributed by atoms with E-state index < -0.39 is 0 Å². The molecule has 2 aromatic carbocycles. The van der Waals surface area contributed by atoms with E-state index in [0.29, 0.717) is 0 Å². The smallest absolute Gasteiger partial charge is 0.0149 e. The Bertz CT molecular complexity index is 455. The van der Waals surface area contributed by atoms with Gasteiger partial charge in [-0.3, -0.25) is 0 Å². The molecule has 0 aromatic heterocycles. The van der Waals surface area contributed by atoms with E-state index in [-0.39, 0.29) is 0 Å². The largest absolute Gasteiger partial charge is 0.0654 e.